The average Bonchev–Trinajstić information content (AvgIpc) is 4.26. The number of nitrogens with zero attached hydrogens (tertiary/aromatic N) is 2. The van der Waals surface area contributed by atoms with E-state index in [1.54, 1.807) is 0 Å². The summed E-state index contributed by atoms with van der Waals surface area (Å²) in [6.07, 6.45) is 29.2. The second kappa shape index (κ2) is 31.9. The van der Waals surface area contributed by atoms with Gasteiger partial charge in [0.1, 0.15) is 0 Å². The van der Waals surface area contributed by atoms with Crippen molar-refractivity contribution in [3.63, 3.8) is 0 Å². The van der Waals surface area contributed by atoms with E-state index in [9.17, 15) is 0 Å². The Morgan fingerprint density at radius 1 is 0.282 bits per heavy atom. The first-order valence-corrected chi connectivity index (χ1v) is 32.1. The number of hydrogen-bond donors (Lipinski definition) is 10. The molecule has 13 heteroatoms. The van der Waals surface area contributed by atoms with E-state index in [0.29, 0.717) is 0 Å². The molecule has 0 aromatic rings. The minimum atomic E-state index is 0. The summed E-state index contributed by atoms with van der Waals surface area (Å²) < 4.78 is 0. The van der Waals surface area contributed by atoms with Crippen molar-refractivity contribution < 1.29 is 0 Å². The summed E-state index contributed by atoms with van der Waals surface area (Å²) >= 11 is 2.12. The van der Waals surface area contributed by atoms with Crippen molar-refractivity contribution in [3.8, 4) is 0 Å². The summed E-state index contributed by atoms with van der Waals surface area (Å²) in [5.41, 5.74) is 0. The molecule has 0 aromatic heterocycles. The summed E-state index contributed by atoms with van der Waals surface area (Å²) in [6, 6.07) is 4.36. The Labute approximate surface area is 441 Å². The molecule has 0 aromatic carbocycles. The van der Waals surface area contributed by atoms with Crippen LogP contribution in [0.3, 0.4) is 0 Å². The van der Waals surface area contributed by atoms with Gasteiger partial charge >= 0.3 is 0 Å². The number of thioether (sulfide) groups is 1. The second-order valence-corrected chi connectivity index (χ2v) is 26.1. The van der Waals surface area contributed by atoms with Crippen molar-refractivity contribution in [3.05, 3.63) is 0 Å². The molecule has 0 radical (unpaired) electrons. The molecule has 10 N–H and O–H groups in total. The SMILES string of the molecule is C.C1CC2CNCC2N1.C1CC2CNCCN2C1.C1CCC2CNCCC2C1.C1CCC2NCCCC2C1.C1CCN2CCNCC2C1.C1CNC2CSCC2C1.C1NCC2CC12.C1NCC2CNCC12. The van der Waals surface area contributed by atoms with Gasteiger partial charge in [-0.3, -0.25) is 9.80 Å². The Hall–Kier alpha value is -0.130. The lowest BCUT2D eigenvalue weighted by Gasteiger charge is -2.39. The third kappa shape index (κ3) is 18.5. The van der Waals surface area contributed by atoms with Gasteiger partial charge in [0, 0.05) is 81.8 Å². The lowest BCUT2D eigenvalue weighted by atomic mass is 9.76. The highest BCUT2D eigenvalue weighted by Crippen LogP contribution is 2.40. The minimum absolute atomic E-state index is 0. The van der Waals surface area contributed by atoms with Crippen LogP contribution in [0.4, 0.5) is 0 Å². The molecule has 71 heavy (non-hydrogen) atoms. The van der Waals surface area contributed by atoms with E-state index in [1.807, 2.05) is 0 Å². The lowest BCUT2D eigenvalue weighted by molar-refractivity contribution is 0.121. The first-order valence-electron chi connectivity index (χ1n) is 30.9. The maximum Gasteiger partial charge on any atom is 0.0233 e. The van der Waals surface area contributed by atoms with Gasteiger partial charge in [-0.15, -0.1) is 0 Å². The van der Waals surface area contributed by atoms with Gasteiger partial charge < -0.3 is 53.2 Å². The van der Waals surface area contributed by atoms with Crippen LogP contribution in [0.1, 0.15) is 136 Å². The molecule has 3 saturated carbocycles. The maximum atomic E-state index is 3.62. The fraction of sp³-hybridized carbons (Fsp3) is 1.00. The Bertz CT molecular complexity index is 1150. The highest BCUT2D eigenvalue weighted by Gasteiger charge is 2.40. The molecule has 13 saturated heterocycles. The number of nitrogens with one attached hydrogen (secondary N) is 10. The summed E-state index contributed by atoms with van der Waals surface area (Å²) in [5, 5.41) is 34.4. The zero-order chi connectivity index (χ0) is 47.4. The van der Waals surface area contributed by atoms with E-state index in [0.717, 1.165) is 83.5 Å². The first-order chi connectivity index (χ1) is 34.7. The normalized spacial score (nSPS) is 41.1. The summed E-state index contributed by atoms with van der Waals surface area (Å²) in [7, 11) is 0. The van der Waals surface area contributed by atoms with Gasteiger partial charge in [0.05, 0.1) is 0 Å². The van der Waals surface area contributed by atoms with Gasteiger partial charge in [0.15, 0.2) is 0 Å². The van der Waals surface area contributed by atoms with Gasteiger partial charge in [-0.05, 0) is 241 Å². The quantitative estimate of drug-likeness (QED) is 0.157. The predicted molar refractivity (Wildman–Crippen MR) is 304 cm³/mol. The molecule has 12 nitrogen and oxygen atoms in total. The van der Waals surface area contributed by atoms with E-state index in [4.69, 9.17) is 0 Å². The van der Waals surface area contributed by atoms with Gasteiger partial charge in [-0.2, -0.15) is 11.8 Å². The van der Waals surface area contributed by atoms with Crippen molar-refractivity contribution >= 4 is 11.8 Å². The number of piperidine rings is 5. The zero-order valence-corrected chi connectivity index (χ0v) is 45.6. The van der Waals surface area contributed by atoms with E-state index < -0.39 is 0 Å². The number of rotatable bonds is 0. The van der Waals surface area contributed by atoms with E-state index >= 15 is 0 Å². The van der Waals surface area contributed by atoms with Gasteiger partial charge in [0.2, 0.25) is 0 Å². The number of fused-ring (bicyclic) bond motifs is 8. The van der Waals surface area contributed by atoms with Crippen molar-refractivity contribution in [2.24, 2.45) is 53.3 Å². The fourth-order valence-corrected chi connectivity index (χ4v) is 16.9. The summed E-state index contributed by atoms with van der Waals surface area (Å²) in [4.78, 5) is 5.25. The molecule has 13 aliphatic heterocycles. The largest absolute Gasteiger partial charge is 0.316 e. The van der Waals surface area contributed by atoms with Crippen LogP contribution in [0.2, 0.25) is 0 Å². The third-order valence-corrected chi connectivity index (χ3v) is 21.4. The van der Waals surface area contributed by atoms with E-state index in [2.05, 4.69) is 74.7 Å². The molecule has 0 bridgehead atoms. The smallest absolute Gasteiger partial charge is 0.0233 e. The third-order valence-electron chi connectivity index (χ3n) is 20.2. The Balaban J connectivity index is 0.000000109. The highest BCUT2D eigenvalue weighted by molar-refractivity contribution is 7.99. The molecule has 16 aliphatic rings. The molecular weight excluding hydrogens is 897 g/mol. The van der Waals surface area contributed by atoms with Gasteiger partial charge in [-0.25, -0.2) is 0 Å². The number of piperazine rings is 2. The Morgan fingerprint density at radius 3 is 1.42 bits per heavy atom. The molecule has 12 atom stereocenters. The molecule has 16 rings (SSSR count). The maximum absolute atomic E-state index is 3.62. The molecule has 412 valence electrons. The molecule has 0 amide bonds. The Morgan fingerprint density at radius 2 is 0.789 bits per heavy atom. The predicted octanol–water partition coefficient (Wildman–Crippen LogP) is 5.17. The van der Waals surface area contributed by atoms with Gasteiger partial charge in [-0.1, -0.05) is 46.0 Å². The first kappa shape index (κ1) is 57.1. The summed E-state index contributed by atoms with van der Waals surface area (Å²) in [5.74, 6) is 12.0. The van der Waals surface area contributed by atoms with Crippen molar-refractivity contribution in [2.75, 3.05) is 149 Å². The highest BCUT2D eigenvalue weighted by atomic mass is 32.2. The molecule has 13 heterocycles. The van der Waals surface area contributed by atoms with Crippen LogP contribution in [0.15, 0.2) is 0 Å². The van der Waals surface area contributed by atoms with Crippen LogP contribution >= 0.6 is 11.8 Å². The summed E-state index contributed by atoms with van der Waals surface area (Å²) in [6.45, 7) is 26.6. The van der Waals surface area contributed by atoms with E-state index in [1.165, 1.54) is 277 Å². The number of hydrogen-bond acceptors (Lipinski definition) is 13. The lowest BCUT2D eigenvalue weighted by Crippen LogP contribution is -2.53. The van der Waals surface area contributed by atoms with Crippen LogP contribution in [-0.4, -0.2) is 189 Å². The second-order valence-electron chi connectivity index (χ2n) is 25.0. The average molecular weight is 1010 g/mol. The van der Waals surface area contributed by atoms with E-state index in [-0.39, 0.29) is 7.43 Å². The van der Waals surface area contributed by atoms with Crippen LogP contribution in [0.25, 0.3) is 0 Å². The van der Waals surface area contributed by atoms with Crippen molar-refractivity contribution in [2.45, 2.75) is 166 Å². The molecule has 0 spiro atoms. The molecule has 16 fully saturated rings. The van der Waals surface area contributed by atoms with Crippen LogP contribution in [0, 0.1) is 53.3 Å². The molecule has 3 aliphatic carbocycles. The van der Waals surface area contributed by atoms with Gasteiger partial charge in [0.25, 0.3) is 0 Å². The standard InChI is InChI=1S/2C9H17N.C8H16N2.C7H14N2.C7H13NS.2C6H12N2.C5H9N.CH4/c1-2-6-9-8(4-1)5-3-7-10-9;1-2-4-9-7-10-6-5-8(9)3-1;1-2-5-10-6-4-9-7-8(10)3-1;1-2-7-6-8-3-5-9(7)4-1;1-2-6-4-9-5-7(6)8-3-1;1-5-2-8-4-6(5)3-7-1;1-2-8-6-4-7-3-5(1)6;1-4-2-6-3-5(1)4;/h2*8-10H,1-7H2;8-9H,1-7H2;7-8H,1-6H2;6-8H,1-5H2;2*5-8H,1-4H2;4-6H,1-3H2;1H4. The fourth-order valence-electron chi connectivity index (χ4n) is 15.4. The van der Waals surface area contributed by atoms with Crippen LogP contribution in [-0.2, 0) is 0 Å². The monoisotopic (exact) mass is 1010 g/mol. The molecule has 12 unspecified atom stereocenters. The zero-order valence-electron chi connectivity index (χ0n) is 44.8. The molecular formula is C58H114N12S. The van der Waals surface area contributed by atoms with Crippen LogP contribution in [0.5, 0.6) is 0 Å². The topological polar surface area (TPSA) is 127 Å². The van der Waals surface area contributed by atoms with Crippen molar-refractivity contribution in [1.82, 2.24) is 63.0 Å². The van der Waals surface area contributed by atoms with Crippen molar-refractivity contribution in [1.29, 1.82) is 0 Å². The Kier molecular flexibility index (Phi) is 25.7. The van der Waals surface area contributed by atoms with Crippen LogP contribution < -0.4 is 53.2 Å². The minimum Gasteiger partial charge on any atom is -0.316 e.